The Bertz CT molecular complexity index is 517. The molecule has 21 heavy (non-hydrogen) atoms. The number of anilines is 1. The lowest BCUT2D eigenvalue weighted by molar-refractivity contribution is -0.904. The molecular formula is C18H24ClN2+. The summed E-state index contributed by atoms with van der Waals surface area (Å²) in [7, 11) is 0. The molecule has 3 aliphatic rings. The summed E-state index contributed by atoms with van der Waals surface area (Å²) < 4.78 is 0. The summed E-state index contributed by atoms with van der Waals surface area (Å²) in [5.74, 6) is 2.77. The van der Waals surface area contributed by atoms with Crippen LogP contribution in [0, 0.1) is 17.8 Å². The van der Waals surface area contributed by atoms with E-state index >= 15 is 0 Å². The highest BCUT2D eigenvalue weighted by molar-refractivity contribution is 6.30. The molecule has 2 bridgehead atoms. The van der Waals surface area contributed by atoms with Gasteiger partial charge in [-0.25, -0.2) is 0 Å². The van der Waals surface area contributed by atoms with Crippen LogP contribution in [0.3, 0.4) is 0 Å². The first-order valence-corrected chi connectivity index (χ1v) is 8.68. The Balaban J connectivity index is 1.30. The lowest BCUT2D eigenvalue weighted by atomic mass is 9.93. The van der Waals surface area contributed by atoms with Crippen LogP contribution in [-0.2, 0) is 0 Å². The Morgan fingerprint density at radius 2 is 1.81 bits per heavy atom. The summed E-state index contributed by atoms with van der Waals surface area (Å²) in [5.41, 5.74) is 1.32. The van der Waals surface area contributed by atoms with E-state index in [1.54, 1.807) is 0 Å². The van der Waals surface area contributed by atoms with Crippen LogP contribution in [0.2, 0.25) is 5.02 Å². The van der Waals surface area contributed by atoms with Crippen molar-refractivity contribution in [1.82, 2.24) is 0 Å². The number of fused-ring (bicyclic) bond motifs is 2. The highest BCUT2D eigenvalue weighted by Crippen LogP contribution is 2.42. The first-order chi connectivity index (χ1) is 10.3. The molecule has 2 fully saturated rings. The van der Waals surface area contributed by atoms with Crippen molar-refractivity contribution in [2.75, 3.05) is 37.6 Å². The molecule has 1 aromatic carbocycles. The maximum absolute atomic E-state index is 5.97. The average molecular weight is 304 g/mol. The summed E-state index contributed by atoms with van der Waals surface area (Å²) in [6, 6.07) is 8.29. The third-order valence-corrected chi connectivity index (χ3v) is 5.88. The first kappa shape index (κ1) is 13.7. The fraction of sp³-hybridized carbons (Fsp3) is 0.556. The van der Waals surface area contributed by atoms with Gasteiger partial charge in [0.15, 0.2) is 0 Å². The summed E-state index contributed by atoms with van der Waals surface area (Å²) in [5, 5.41) is 0.826. The van der Waals surface area contributed by atoms with Gasteiger partial charge in [-0.1, -0.05) is 23.8 Å². The minimum atomic E-state index is 0.826. The topological polar surface area (TPSA) is 7.68 Å². The van der Waals surface area contributed by atoms with Crippen LogP contribution in [0.25, 0.3) is 0 Å². The van der Waals surface area contributed by atoms with E-state index in [1.807, 2.05) is 17.0 Å². The Morgan fingerprint density at radius 1 is 1.05 bits per heavy atom. The predicted molar refractivity (Wildman–Crippen MR) is 88.1 cm³/mol. The number of benzene rings is 1. The first-order valence-electron chi connectivity index (χ1n) is 8.30. The Kier molecular flexibility index (Phi) is 3.68. The van der Waals surface area contributed by atoms with Crippen molar-refractivity contribution in [2.45, 2.75) is 12.8 Å². The molecule has 1 saturated carbocycles. The maximum atomic E-state index is 5.97. The van der Waals surface area contributed by atoms with E-state index in [-0.39, 0.29) is 0 Å². The van der Waals surface area contributed by atoms with Gasteiger partial charge in [0, 0.05) is 16.6 Å². The van der Waals surface area contributed by atoms with Gasteiger partial charge in [-0.15, -0.1) is 0 Å². The van der Waals surface area contributed by atoms with Crippen molar-refractivity contribution in [3.63, 3.8) is 0 Å². The van der Waals surface area contributed by atoms with Gasteiger partial charge in [0.1, 0.15) is 0 Å². The van der Waals surface area contributed by atoms with Gasteiger partial charge in [0.25, 0.3) is 0 Å². The molecule has 0 aromatic heterocycles. The average Bonchev–Trinajstić information content (AvgIpc) is 3.12. The summed E-state index contributed by atoms with van der Waals surface area (Å²) >= 11 is 5.97. The summed E-state index contributed by atoms with van der Waals surface area (Å²) in [6.07, 6.45) is 7.83. The van der Waals surface area contributed by atoms with Crippen molar-refractivity contribution in [3.05, 3.63) is 41.4 Å². The minimum Gasteiger partial charge on any atom is -0.360 e. The molecule has 112 valence electrons. The number of halogens is 1. The molecule has 3 heteroatoms. The van der Waals surface area contributed by atoms with Crippen molar-refractivity contribution in [2.24, 2.45) is 17.8 Å². The molecule has 1 aliphatic heterocycles. The number of rotatable bonds is 3. The van der Waals surface area contributed by atoms with Crippen LogP contribution < -0.4 is 9.80 Å². The van der Waals surface area contributed by atoms with Gasteiger partial charge in [0.2, 0.25) is 0 Å². The maximum Gasteiger partial charge on any atom is 0.0949 e. The van der Waals surface area contributed by atoms with E-state index in [0.29, 0.717) is 0 Å². The smallest absolute Gasteiger partial charge is 0.0949 e. The van der Waals surface area contributed by atoms with Gasteiger partial charge >= 0.3 is 0 Å². The number of quaternary nitrogens is 1. The zero-order valence-corrected chi connectivity index (χ0v) is 13.2. The second-order valence-corrected chi connectivity index (χ2v) is 7.39. The molecule has 1 aromatic rings. The van der Waals surface area contributed by atoms with E-state index in [0.717, 1.165) is 22.8 Å². The Morgan fingerprint density at radius 3 is 2.43 bits per heavy atom. The van der Waals surface area contributed by atoms with Gasteiger partial charge in [-0.2, -0.15) is 0 Å². The molecule has 0 spiro atoms. The van der Waals surface area contributed by atoms with Gasteiger partial charge in [-0.3, -0.25) is 0 Å². The highest BCUT2D eigenvalue weighted by Gasteiger charge is 2.38. The van der Waals surface area contributed by atoms with E-state index in [2.05, 4.69) is 29.2 Å². The fourth-order valence-corrected chi connectivity index (χ4v) is 4.56. The molecule has 2 nitrogen and oxygen atoms in total. The zero-order valence-electron chi connectivity index (χ0n) is 12.5. The third kappa shape index (κ3) is 2.84. The number of hydrogen-bond donors (Lipinski definition) is 1. The van der Waals surface area contributed by atoms with E-state index in [4.69, 9.17) is 11.6 Å². The predicted octanol–water partition coefficient (Wildman–Crippen LogP) is 2.26. The van der Waals surface area contributed by atoms with Crippen molar-refractivity contribution < 1.29 is 4.90 Å². The number of nitrogens with one attached hydrogen (secondary N) is 1. The summed E-state index contributed by atoms with van der Waals surface area (Å²) in [6.45, 7) is 6.29. The molecule has 1 N–H and O–H groups in total. The van der Waals surface area contributed by atoms with Crippen LogP contribution in [0.15, 0.2) is 36.4 Å². The number of allylic oxidation sites excluding steroid dienone is 2. The van der Waals surface area contributed by atoms with Crippen LogP contribution in [0.4, 0.5) is 5.69 Å². The molecule has 0 radical (unpaired) electrons. The molecule has 1 saturated heterocycles. The van der Waals surface area contributed by atoms with Gasteiger partial charge < -0.3 is 9.80 Å². The monoisotopic (exact) mass is 303 g/mol. The fourth-order valence-electron chi connectivity index (χ4n) is 4.44. The SMILES string of the molecule is Clc1ccc(N2CC[NH+](C[C@@H]3C[C@H]4C=C[C@@H]3C4)CC2)cc1. The molecule has 0 amide bonds. The molecule has 0 unspecified atom stereocenters. The quantitative estimate of drug-likeness (QED) is 0.842. The van der Waals surface area contributed by atoms with Crippen LogP contribution in [0.5, 0.6) is 0 Å². The minimum absolute atomic E-state index is 0.826. The standard InChI is InChI=1S/C18H23ClN2/c19-17-3-5-18(6-4-17)21-9-7-20(8-10-21)13-16-12-14-1-2-15(16)11-14/h1-6,14-16H,7-13H2/p+1/t14-,15+,16-/m0/s1. The van der Waals surface area contributed by atoms with Crippen molar-refractivity contribution >= 4 is 17.3 Å². The second-order valence-electron chi connectivity index (χ2n) is 6.96. The number of piperazine rings is 1. The van der Waals surface area contributed by atoms with Crippen LogP contribution in [0.1, 0.15) is 12.8 Å². The van der Waals surface area contributed by atoms with Crippen molar-refractivity contribution in [1.29, 1.82) is 0 Å². The number of hydrogen-bond acceptors (Lipinski definition) is 1. The Labute approximate surface area is 132 Å². The normalized spacial score (nSPS) is 32.0. The largest absolute Gasteiger partial charge is 0.360 e. The lowest BCUT2D eigenvalue weighted by Crippen LogP contribution is -3.15. The van der Waals surface area contributed by atoms with Crippen LogP contribution in [-0.4, -0.2) is 32.7 Å². The summed E-state index contributed by atoms with van der Waals surface area (Å²) in [4.78, 5) is 4.31. The van der Waals surface area contributed by atoms with E-state index in [9.17, 15) is 0 Å². The zero-order chi connectivity index (χ0) is 14.2. The third-order valence-electron chi connectivity index (χ3n) is 5.63. The molecular weight excluding hydrogens is 280 g/mol. The highest BCUT2D eigenvalue weighted by atomic mass is 35.5. The molecule has 3 atom stereocenters. The lowest BCUT2D eigenvalue weighted by Gasteiger charge is -2.35. The number of nitrogens with zero attached hydrogens (tertiary/aromatic N) is 1. The molecule has 2 aliphatic carbocycles. The second kappa shape index (κ2) is 5.66. The van der Waals surface area contributed by atoms with E-state index < -0.39 is 0 Å². The van der Waals surface area contributed by atoms with Crippen LogP contribution >= 0.6 is 11.6 Å². The van der Waals surface area contributed by atoms with Gasteiger partial charge in [0.05, 0.1) is 32.7 Å². The molecule has 4 rings (SSSR count). The Hall–Kier alpha value is -0.990. The van der Waals surface area contributed by atoms with Gasteiger partial charge in [-0.05, 0) is 48.9 Å². The van der Waals surface area contributed by atoms with Crippen molar-refractivity contribution in [3.8, 4) is 0 Å². The van der Waals surface area contributed by atoms with E-state index in [1.165, 1.54) is 51.3 Å². The molecule has 1 heterocycles.